The Morgan fingerprint density at radius 1 is 0.800 bits per heavy atom. The van der Waals surface area contributed by atoms with Crippen molar-refractivity contribution in [1.29, 1.82) is 0 Å². The molecule has 182 valence electrons. The third-order valence-electron chi connectivity index (χ3n) is 6.61. The van der Waals surface area contributed by atoms with Crippen LogP contribution in [0.4, 0.5) is 14.5 Å². The number of fused-ring (bicyclic) bond motifs is 1. The fourth-order valence-corrected chi connectivity index (χ4v) is 4.57. The second-order valence-corrected chi connectivity index (χ2v) is 8.86. The second kappa shape index (κ2) is 9.10. The van der Waals surface area contributed by atoms with E-state index in [1.54, 1.807) is 31.3 Å². The summed E-state index contributed by atoms with van der Waals surface area (Å²) in [5.41, 5.74) is 1.63. The van der Waals surface area contributed by atoms with Crippen molar-refractivity contribution in [1.82, 2.24) is 23.6 Å². The van der Waals surface area contributed by atoms with Crippen LogP contribution in [0.25, 0.3) is 11.2 Å². The van der Waals surface area contributed by atoms with Gasteiger partial charge in [0.15, 0.2) is 11.2 Å². The molecule has 10 heteroatoms. The number of halogens is 2. The molecule has 0 bridgehead atoms. The third-order valence-corrected chi connectivity index (χ3v) is 6.61. The largest absolute Gasteiger partial charge is 0.369 e. The van der Waals surface area contributed by atoms with Gasteiger partial charge in [-0.25, -0.2) is 18.6 Å². The molecule has 1 aliphatic heterocycles. The summed E-state index contributed by atoms with van der Waals surface area (Å²) >= 11 is 0. The zero-order chi connectivity index (χ0) is 24.7. The number of anilines is 1. The van der Waals surface area contributed by atoms with Gasteiger partial charge in [-0.1, -0.05) is 12.1 Å². The van der Waals surface area contributed by atoms with Crippen LogP contribution in [-0.4, -0.2) is 49.8 Å². The Morgan fingerprint density at radius 3 is 2.03 bits per heavy atom. The van der Waals surface area contributed by atoms with Crippen LogP contribution in [0.1, 0.15) is 11.4 Å². The van der Waals surface area contributed by atoms with Crippen LogP contribution in [-0.2, 0) is 27.2 Å². The summed E-state index contributed by atoms with van der Waals surface area (Å²) in [6.45, 7) is 3.87. The molecule has 3 heterocycles. The number of rotatable bonds is 5. The fourth-order valence-electron chi connectivity index (χ4n) is 4.57. The van der Waals surface area contributed by atoms with Crippen molar-refractivity contribution in [3.8, 4) is 0 Å². The maximum absolute atomic E-state index is 13.5. The fraction of sp³-hybridized carbons (Fsp3) is 0.320. The summed E-state index contributed by atoms with van der Waals surface area (Å²) in [7, 11) is 3.05. The Bertz CT molecular complexity index is 1480. The molecule has 0 unspecified atom stereocenters. The molecule has 0 spiro atoms. The van der Waals surface area contributed by atoms with E-state index >= 15 is 0 Å². The summed E-state index contributed by atoms with van der Waals surface area (Å²) in [4.78, 5) is 34.7. The lowest BCUT2D eigenvalue weighted by molar-refractivity contribution is 0.241. The average Bonchev–Trinajstić information content (AvgIpc) is 3.21. The van der Waals surface area contributed by atoms with Crippen LogP contribution in [0.3, 0.4) is 0 Å². The topological polar surface area (TPSA) is 68.3 Å². The molecule has 0 amide bonds. The maximum Gasteiger partial charge on any atom is 0.332 e. The van der Waals surface area contributed by atoms with Gasteiger partial charge in [-0.15, -0.1) is 0 Å². The van der Waals surface area contributed by atoms with E-state index in [1.165, 1.54) is 35.9 Å². The first kappa shape index (κ1) is 23.0. The summed E-state index contributed by atoms with van der Waals surface area (Å²) in [6, 6.07) is 12.6. The van der Waals surface area contributed by atoms with Crippen molar-refractivity contribution in [2.24, 2.45) is 14.1 Å². The maximum atomic E-state index is 13.5. The van der Waals surface area contributed by atoms with Crippen LogP contribution in [0, 0.1) is 11.6 Å². The van der Waals surface area contributed by atoms with Gasteiger partial charge in [0, 0.05) is 52.5 Å². The molecule has 2 aromatic heterocycles. The number of aryl methyl sites for hydroxylation is 1. The molecule has 0 N–H and O–H groups in total. The number of benzene rings is 2. The summed E-state index contributed by atoms with van der Waals surface area (Å²) in [5.74, 6) is 0.0765. The Labute approximate surface area is 200 Å². The van der Waals surface area contributed by atoms with Crippen LogP contribution < -0.4 is 16.1 Å². The Hall–Kier alpha value is -3.79. The highest BCUT2D eigenvalue weighted by Crippen LogP contribution is 2.20. The molecule has 1 fully saturated rings. The van der Waals surface area contributed by atoms with Crippen molar-refractivity contribution >= 4 is 16.9 Å². The first-order valence-electron chi connectivity index (χ1n) is 11.4. The van der Waals surface area contributed by atoms with Gasteiger partial charge in [0.25, 0.3) is 5.56 Å². The number of aromatic nitrogens is 4. The van der Waals surface area contributed by atoms with Gasteiger partial charge < -0.3 is 9.47 Å². The Balaban J connectivity index is 1.46. The minimum absolute atomic E-state index is 0.256. The first-order chi connectivity index (χ1) is 16.8. The quantitative estimate of drug-likeness (QED) is 0.438. The molecular formula is C25H26F2N6O2. The average molecular weight is 481 g/mol. The molecule has 0 radical (unpaired) electrons. The lowest BCUT2D eigenvalue weighted by Crippen LogP contribution is -2.46. The van der Waals surface area contributed by atoms with Crippen molar-refractivity contribution in [3.63, 3.8) is 0 Å². The second-order valence-electron chi connectivity index (χ2n) is 8.86. The highest BCUT2D eigenvalue weighted by Gasteiger charge is 2.23. The number of piperazine rings is 1. The van der Waals surface area contributed by atoms with E-state index in [4.69, 9.17) is 4.98 Å². The van der Waals surface area contributed by atoms with E-state index in [9.17, 15) is 18.4 Å². The summed E-state index contributed by atoms with van der Waals surface area (Å²) in [6.07, 6.45) is 0. The van der Waals surface area contributed by atoms with Crippen LogP contribution in [0.2, 0.25) is 0 Å². The van der Waals surface area contributed by atoms with Crippen molar-refractivity contribution in [3.05, 3.63) is 92.4 Å². The normalized spacial score (nSPS) is 14.7. The van der Waals surface area contributed by atoms with E-state index in [0.717, 1.165) is 42.0 Å². The number of nitrogens with zero attached hydrogens (tertiary/aromatic N) is 6. The zero-order valence-corrected chi connectivity index (χ0v) is 19.6. The molecule has 0 aliphatic carbocycles. The highest BCUT2D eigenvalue weighted by atomic mass is 19.1. The SMILES string of the molecule is Cn1c(=O)c2c(nc(CN3CCN(c4ccc(F)cc4)CC3)n2Cc2ccc(F)cc2)n(C)c1=O. The molecule has 5 rings (SSSR count). The third kappa shape index (κ3) is 4.37. The minimum Gasteiger partial charge on any atom is -0.369 e. The summed E-state index contributed by atoms with van der Waals surface area (Å²) < 4.78 is 31.0. The van der Waals surface area contributed by atoms with Gasteiger partial charge in [-0.2, -0.15) is 0 Å². The Kier molecular flexibility index (Phi) is 5.98. The minimum atomic E-state index is -0.437. The van der Waals surface area contributed by atoms with E-state index in [-0.39, 0.29) is 11.6 Å². The predicted molar refractivity (Wildman–Crippen MR) is 130 cm³/mol. The van der Waals surface area contributed by atoms with Gasteiger partial charge in [-0.3, -0.25) is 18.8 Å². The molecular weight excluding hydrogens is 454 g/mol. The number of hydrogen-bond acceptors (Lipinski definition) is 5. The molecule has 2 aromatic carbocycles. The molecule has 8 nitrogen and oxygen atoms in total. The van der Waals surface area contributed by atoms with E-state index < -0.39 is 11.2 Å². The standard InChI is InChI=1S/C25H26F2N6O2/c1-29-23-22(24(34)30(2)25(29)35)33(15-17-3-5-18(26)6-4-17)21(28-23)16-31-11-13-32(14-12-31)20-9-7-19(27)8-10-20/h3-10H,11-16H2,1-2H3. The van der Waals surface area contributed by atoms with Gasteiger partial charge in [-0.05, 0) is 42.0 Å². The van der Waals surface area contributed by atoms with Gasteiger partial charge in [0.2, 0.25) is 0 Å². The molecule has 0 saturated carbocycles. The zero-order valence-electron chi connectivity index (χ0n) is 19.6. The van der Waals surface area contributed by atoms with Gasteiger partial charge in [0.05, 0.1) is 6.54 Å². The van der Waals surface area contributed by atoms with Crippen LogP contribution >= 0.6 is 0 Å². The first-order valence-corrected chi connectivity index (χ1v) is 11.4. The van der Waals surface area contributed by atoms with E-state index in [0.29, 0.717) is 30.1 Å². The van der Waals surface area contributed by atoms with Gasteiger partial charge in [0.1, 0.15) is 17.5 Å². The van der Waals surface area contributed by atoms with E-state index in [2.05, 4.69) is 9.80 Å². The van der Waals surface area contributed by atoms with Crippen LogP contribution in [0.15, 0.2) is 58.1 Å². The molecule has 1 aliphatic rings. The van der Waals surface area contributed by atoms with Crippen molar-refractivity contribution in [2.45, 2.75) is 13.1 Å². The lowest BCUT2D eigenvalue weighted by Gasteiger charge is -2.36. The Morgan fingerprint density at radius 2 is 1.40 bits per heavy atom. The molecule has 0 atom stereocenters. The monoisotopic (exact) mass is 480 g/mol. The smallest absolute Gasteiger partial charge is 0.332 e. The molecule has 4 aromatic rings. The highest BCUT2D eigenvalue weighted by molar-refractivity contribution is 5.71. The van der Waals surface area contributed by atoms with E-state index in [1.807, 2.05) is 4.57 Å². The summed E-state index contributed by atoms with van der Waals surface area (Å²) in [5, 5.41) is 0. The van der Waals surface area contributed by atoms with Gasteiger partial charge >= 0.3 is 5.69 Å². The number of imidazole rings is 1. The molecule has 35 heavy (non-hydrogen) atoms. The van der Waals surface area contributed by atoms with Crippen molar-refractivity contribution < 1.29 is 8.78 Å². The number of hydrogen-bond donors (Lipinski definition) is 0. The van der Waals surface area contributed by atoms with Crippen molar-refractivity contribution in [2.75, 3.05) is 31.1 Å². The molecule has 1 saturated heterocycles. The predicted octanol–water partition coefficient (Wildman–Crippen LogP) is 2.08. The lowest BCUT2D eigenvalue weighted by atomic mass is 10.2. The van der Waals surface area contributed by atoms with Crippen LogP contribution in [0.5, 0.6) is 0 Å².